The lowest BCUT2D eigenvalue weighted by Crippen LogP contribution is -2.45. The molecule has 0 unspecified atom stereocenters. The normalized spacial score (nSPS) is 20.9. The van der Waals surface area contributed by atoms with Gasteiger partial charge in [0.05, 0.1) is 11.9 Å². The Labute approximate surface area is 107 Å². The summed E-state index contributed by atoms with van der Waals surface area (Å²) in [7, 11) is -3.43. The van der Waals surface area contributed by atoms with Crippen LogP contribution in [-0.4, -0.2) is 37.7 Å². The Morgan fingerprint density at radius 2 is 2.29 bits per heavy atom. The molecule has 0 amide bonds. The van der Waals surface area contributed by atoms with Gasteiger partial charge in [-0.1, -0.05) is 0 Å². The number of sulfonamides is 1. The van der Waals surface area contributed by atoms with Gasteiger partial charge in [-0.2, -0.15) is 5.10 Å². The first-order valence-corrected chi connectivity index (χ1v) is 6.81. The second-order valence-electron chi connectivity index (χ2n) is 4.02. The smallest absolute Gasteiger partial charge is 0.244 e. The molecule has 3 N–H and O–H groups in total. The number of nitrogens with zero attached hydrogens (tertiary/aromatic N) is 1. The zero-order chi connectivity index (χ0) is 11.6. The van der Waals surface area contributed by atoms with Crippen LogP contribution in [-0.2, 0) is 10.0 Å². The van der Waals surface area contributed by atoms with Crippen molar-refractivity contribution in [3.63, 3.8) is 0 Å². The quantitative estimate of drug-likeness (QED) is 0.737. The van der Waals surface area contributed by atoms with Crippen LogP contribution < -0.4 is 10.0 Å². The lowest BCUT2D eigenvalue weighted by Gasteiger charge is -2.23. The predicted octanol–water partition coefficient (Wildman–Crippen LogP) is 0.170. The van der Waals surface area contributed by atoms with E-state index in [1.54, 1.807) is 6.92 Å². The summed E-state index contributed by atoms with van der Waals surface area (Å²) in [6, 6.07) is -0.0203. The van der Waals surface area contributed by atoms with Crippen molar-refractivity contribution in [1.29, 1.82) is 0 Å². The third-order valence-electron chi connectivity index (χ3n) is 2.69. The Hall–Kier alpha value is -0.630. The molecule has 98 valence electrons. The first-order valence-electron chi connectivity index (χ1n) is 5.32. The van der Waals surface area contributed by atoms with Crippen molar-refractivity contribution in [2.24, 2.45) is 0 Å². The van der Waals surface area contributed by atoms with Crippen molar-refractivity contribution >= 4 is 22.4 Å². The zero-order valence-corrected chi connectivity index (χ0v) is 11.2. The van der Waals surface area contributed by atoms with Crippen LogP contribution >= 0.6 is 12.4 Å². The lowest BCUT2D eigenvalue weighted by molar-refractivity contribution is 0.428. The third-order valence-corrected chi connectivity index (χ3v) is 4.33. The summed E-state index contributed by atoms with van der Waals surface area (Å²) in [5.74, 6) is 0. The summed E-state index contributed by atoms with van der Waals surface area (Å²) < 4.78 is 26.7. The van der Waals surface area contributed by atoms with Gasteiger partial charge >= 0.3 is 0 Å². The highest BCUT2D eigenvalue weighted by molar-refractivity contribution is 7.89. The number of aromatic amines is 1. The Kier molecular flexibility index (Phi) is 4.93. The average molecular weight is 281 g/mol. The molecule has 2 heterocycles. The van der Waals surface area contributed by atoms with Crippen LogP contribution in [0.5, 0.6) is 0 Å². The SMILES string of the molecule is Cc1[nH]ncc1S(=O)(=O)N[C@@H]1CCCNC1.Cl. The minimum absolute atomic E-state index is 0. The first-order chi connectivity index (χ1) is 7.59. The monoisotopic (exact) mass is 280 g/mol. The number of aromatic nitrogens is 2. The number of H-pyrrole nitrogens is 1. The molecule has 2 rings (SSSR count). The maximum Gasteiger partial charge on any atom is 0.244 e. The molecule has 17 heavy (non-hydrogen) atoms. The molecule has 0 aliphatic carbocycles. The van der Waals surface area contributed by atoms with Crippen LogP contribution in [0.3, 0.4) is 0 Å². The number of hydrogen-bond acceptors (Lipinski definition) is 4. The van der Waals surface area contributed by atoms with Crippen LogP contribution in [0, 0.1) is 6.92 Å². The molecular weight excluding hydrogens is 264 g/mol. The van der Waals surface area contributed by atoms with Gasteiger partial charge in [0, 0.05) is 12.6 Å². The zero-order valence-electron chi connectivity index (χ0n) is 9.56. The highest BCUT2D eigenvalue weighted by Gasteiger charge is 2.23. The van der Waals surface area contributed by atoms with Gasteiger partial charge in [0.2, 0.25) is 10.0 Å². The van der Waals surface area contributed by atoms with E-state index in [1.165, 1.54) is 6.20 Å². The van der Waals surface area contributed by atoms with Crippen LogP contribution in [0.15, 0.2) is 11.1 Å². The van der Waals surface area contributed by atoms with E-state index in [-0.39, 0.29) is 23.3 Å². The molecule has 0 saturated carbocycles. The molecule has 1 fully saturated rings. The number of aryl methyl sites for hydroxylation is 1. The minimum Gasteiger partial charge on any atom is -0.315 e. The standard InChI is InChI=1S/C9H16N4O2S.ClH/c1-7-9(6-11-12-7)16(14,15)13-8-3-2-4-10-5-8;/h6,8,10,13H,2-5H2,1H3,(H,11,12);1H/t8-;/m1./s1. The van der Waals surface area contributed by atoms with E-state index in [2.05, 4.69) is 20.2 Å². The van der Waals surface area contributed by atoms with E-state index in [4.69, 9.17) is 0 Å². The van der Waals surface area contributed by atoms with Crippen molar-refractivity contribution in [3.05, 3.63) is 11.9 Å². The van der Waals surface area contributed by atoms with Gasteiger partial charge in [-0.15, -0.1) is 12.4 Å². The van der Waals surface area contributed by atoms with Gasteiger partial charge in [-0.05, 0) is 26.3 Å². The van der Waals surface area contributed by atoms with E-state index >= 15 is 0 Å². The van der Waals surface area contributed by atoms with Crippen LogP contribution in [0.25, 0.3) is 0 Å². The van der Waals surface area contributed by atoms with E-state index in [0.29, 0.717) is 12.2 Å². The maximum atomic E-state index is 12.0. The molecule has 1 aromatic rings. The van der Waals surface area contributed by atoms with Gasteiger partial charge in [-0.25, -0.2) is 13.1 Å². The third kappa shape index (κ3) is 3.41. The summed E-state index contributed by atoms with van der Waals surface area (Å²) in [6.07, 6.45) is 3.22. The fourth-order valence-corrected chi connectivity index (χ4v) is 3.25. The number of halogens is 1. The Morgan fingerprint density at radius 3 is 2.82 bits per heavy atom. The fourth-order valence-electron chi connectivity index (χ4n) is 1.85. The molecular formula is C9H17ClN4O2S. The summed E-state index contributed by atoms with van der Waals surface area (Å²) in [5.41, 5.74) is 0.566. The van der Waals surface area contributed by atoms with Gasteiger partial charge in [-0.3, -0.25) is 5.10 Å². The summed E-state index contributed by atoms with van der Waals surface area (Å²) in [6.45, 7) is 3.35. The molecule has 1 atom stereocenters. The summed E-state index contributed by atoms with van der Waals surface area (Å²) >= 11 is 0. The van der Waals surface area contributed by atoms with Crippen LogP contribution in [0.2, 0.25) is 0 Å². The van der Waals surface area contributed by atoms with Crippen molar-refractivity contribution in [2.45, 2.75) is 30.7 Å². The van der Waals surface area contributed by atoms with Gasteiger partial charge in [0.15, 0.2) is 0 Å². The number of hydrogen-bond donors (Lipinski definition) is 3. The highest BCUT2D eigenvalue weighted by atomic mass is 35.5. The molecule has 1 aromatic heterocycles. The van der Waals surface area contributed by atoms with Crippen molar-refractivity contribution < 1.29 is 8.42 Å². The molecule has 0 bridgehead atoms. The van der Waals surface area contributed by atoms with E-state index in [0.717, 1.165) is 19.4 Å². The molecule has 1 saturated heterocycles. The number of piperidine rings is 1. The Balaban J connectivity index is 0.00000144. The van der Waals surface area contributed by atoms with Crippen molar-refractivity contribution in [2.75, 3.05) is 13.1 Å². The number of rotatable bonds is 3. The first kappa shape index (κ1) is 14.4. The van der Waals surface area contributed by atoms with Crippen LogP contribution in [0.1, 0.15) is 18.5 Å². The Bertz CT molecular complexity index is 453. The van der Waals surface area contributed by atoms with Crippen molar-refractivity contribution in [3.8, 4) is 0 Å². The lowest BCUT2D eigenvalue weighted by atomic mass is 10.1. The second-order valence-corrected chi connectivity index (χ2v) is 5.71. The second kappa shape index (κ2) is 5.81. The Morgan fingerprint density at radius 1 is 1.53 bits per heavy atom. The van der Waals surface area contributed by atoms with Crippen LogP contribution in [0.4, 0.5) is 0 Å². The highest BCUT2D eigenvalue weighted by Crippen LogP contribution is 2.13. The molecule has 0 radical (unpaired) electrons. The fraction of sp³-hybridized carbons (Fsp3) is 0.667. The molecule has 1 aliphatic rings. The van der Waals surface area contributed by atoms with Gasteiger partial charge in [0.25, 0.3) is 0 Å². The van der Waals surface area contributed by atoms with Gasteiger partial charge < -0.3 is 5.32 Å². The maximum absolute atomic E-state index is 12.0. The van der Waals surface area contributed by atoms with Gasteiger partial charge in [0.1, 0.15) is 4.90 Å². The van der Waals surface area contributed by atoms with E-state index < -0.39 is 10.0 Å². The average Bonchev–Trinajstić information content (AvgIpc) is 2.66. The molecule has 1 aliphatic heterocycles. The molecule has 0 spiro atoms. The predicted molar refractivity (Wildman–Crippen MR) is 66.8 cm³/mol. The van der Waals surface area contributed by atoms with Crippen molar-refractivity contribution in [1.82, 2.24) is 20.2 Å². The largest absolute Gasteiger partial charge is 0.315 e. The summed E-state index contributed by atoms with van der Waals surface area (Å²) in [4.78, 5) is 0.234. The van der Waals surface area contributed by atoms with E-state index in [9.17, 15) is 8.42 Å². The topological polar surface area (TPSA) is 86.9 Å². The van der Waals surface area contributed by atoms with E-state index in [1.807, 2.05) is 0 Å². The summed E-state index contributed by atoms with van der Waals surface area (Å²) in [5, 5.41) is 9.52. The molecule has 0 aromatic carbocycles. The molecule has 6 nitrogen and oxygen atoms in total. The number of nitrogens with one attached hydrogen (secondary N) is 3. The minimum atomic E-state index is -3.43. The molecule has 8 heteroatoms.